The predicted octanol–water partition coefficient (Wildman–Crippen LogP) is 4.00. The van der Waals surface area contributed by atoms with Crippen molar-refractivity contribution in [3.05, 3.63) is 89.7 Å². The molecule has 0 radical (unpaired) electrons. The Morgan fingerprint density at radius 2 is 1.59 bits per heavy atom. The third-order valence-corrected chi connectivity index (χ3v) is 6.91. The number of carbonyl (C=O) groups excluding carboxylic acids is 1. The van der Waals surface area contributed by atoms with Gasteiger partial charge in [0, 0.05) is 24.8 Å². The van der Waals surface area contributed by atoms with Crippen LogP contribution in [0.2, 0.25) is 0 Å². The minimum atomic E-state index is -4.06. The standard InChI is InChI=1S/C24H25FN2O4S/c1-18-8-14-22(15-9-18)32(29,30)27(16-19-6-4-5-7-23(19)25)17-24(28)26(2)20-10-12-21(31-3)13-11-20/h4-15H,16-17H2,1-3H3. The molecule has 0 aliphatic carbocycles. The number of halogens is 1. The van der Waals surface area contributed by atoms with Crippen molar-refractivity contribution in [3.8, 4) is 5.75 Å². The number of rotatable bonds is 8. The molecule has 1 amide bonds. The normalized spacial score (nSPS) is 11.4. The maximum atomic E-state index is 14.3. The van der Waals surface area contributed by atoms with Gasteiger partial charge in [0.05, 0.1) is 18.6 Å². The third-order valence-electron chi connectivity index (χ3n) is 5.11. The van der Waals surface area contributed by atoms with E-state index in [1.54, 1.807) is 56.6 Å². The fraction of sp³-hybridized carbons (Fsp3) is 0.208. The molecular weight excluding hydrogens is 431 g/mol. The Bertz CT molecular complexity index is 1180. The van der Waals surface area contributed by atoms with Crippen LogP contribution in [0.3, 0.4) is 0 Å². The summed E-state index contributed by atoms with van der Waals surface area (Å²) < 4.78 is 47.1. The zero-order chi connectivity index (χ0) is 23.3. The molecule has 6 nitrogen and oxygen atoms in total. The van der Waals surface area contributed by atoms with Gasteiger partial charge in [-0.1, -0.05) is 35.9 Å². The molecule has 3 aromatic carbocycles. The second-order valence-electron chi connectivity index (χ2n) is 7.33. The van der Waals surface area contributed by atoms with Gasteiger partial charge in [0.1, 0.15) is 11.6 Å². The number of anilines is 1. The first-order valence-electron chi connectivity index (χ1n) is 9.93. The first kappa shape index (κ1) is 23.4. The highest BCUT2D eigenvalue weighted by atomic mass is 32.2. The van der Waals surface area contributed by atoms with Crippen molar-refractivity contribution in [2.24, 2.45) is 0 Å². The third kappa shape index (κ3) is 5.33. The van der Waals surface area contributed by atoms with Crippen LogP contribution in [-0.2, 0) is 21.4 Å². The molecule has 8 heteroatoms. The Hall–Kier alpha value is -3.23. The quantitative estimate of drug-likeness (QED) is 0.514. The second kappa shape index (κ2) is 9.93. The fourth-order valence-corrected chi connectivity index (χ4v) is 4.48. The summed E-state index contributed by atoms with van der Waals surface area (Å²) in [5.74, 6) is -0.354. The van der Waals surface area contributed by atoms with Crippen molar-refractivity contribution in [2.75, 3.05) is 25.6 Å². The van der Waals surface area contributed by atoms with Crippen molar-refractivity contribution in [3.63, 3.8) is 0 Å². The van der Waals surface area contributed by atoms with Crippen molar-refractivity contribution in [1.29, 1.82) is 0 Å². The maximum Gasteiger partial charge on any atom is 0.243 e. The molecule has 32 heavy (non-hydrogen) atoms. The maximum absolute atomic E-state index is 14.3. The highest BCUT2D eigenvalue weighted by Crippen LogP contribution is 2.22. The van der Waals surface area contributed by atoms with Crippen molar-refractivity contribution in [2.45, 2.75) is 18.4 Å². The SMILES string of the molecule is COc1ccc(N(C)C(=O)CN(Cc2ccccc2F)S(=O)(=O)c2ccc(C)cc2)cc1. The van der Waals surface area contributed by atoms with E-state index in [4.69, 9.17) is 4.74 Å². The Labute approximate surface area is 187 Å². The zero-order valence-corrected chi connectivity index (χ0v) is 19.0. The van der Waals surface area contributed by atoms with Crippen LogP contribution in [0.1, 0.15) is 11.1 Å². The van der Waals surface area contributed by atoms with Gasteiger partial charge in [-0.2, -0.15) is 4.31 Å². The number of likely N-dealkylation sites (N-methyl/N-ethyl adjacent to an activating group) is 1. The van der Waals surface area contributed by atoms with Crippen LogP contribution in [0.4, 0.5) is 10.1 Å². The van der Waals surface area contributed by atoms with Gasteiger partial charge in [0.25, 0.3) is 0 Å². The Morgan fingerprint density at radius 1 is 0.969 bits per heavy atom. The van der Waals surface area contributed by atoms with Crippen molar-refractivity contribution < 1.29 is 22.3 Å². The van der Waals surface area contributed by atoms with Crippen LogP contribution in [0.5, 0.6) is 5.75 Å². The van der Waals surface area contributed by atoms with Gasteiger partial charge in [-0.25, -0.2) is 12.8 Å². The van der Waals surface area contributed by atoms with Gasteiger partial charge in [-0.3, -0.25) is 4.79 Å². The number of hydrogen-bond acceptors (Lipinski definition) is 4. The lowest BCUT2D eigenvalue weighted by Gasteiger charge is -2.25. The minimum Gasteiger partial charge on any atom is -0.497 e. The molecule has 3 rings (SSSR count). The van der Waals surface area contributed by atoms with Crippen molar-refractivity contribution >= 4 is 21.6 Å². The molecule has 0 atom stereocenters. The fourth-order valence-electron chi connectivity index (χ4n) is 3.11. The molecule has 0 fully saturated rings. The lowest BCUT2D eigenvalue weighted by molar-refractivity contribution is -0.118. The monoisotopic (exact) mass is 456 g/mol. The lowest BCUT2D eigenvalue weighted by Crippen LogP contribution is -2.41. The highest BCUT2D eigenvalue weighted by molar-refractivity contribution is 7.89. The van der Waals surface area contributed by atoms with E-state index in [0.29, 0.717) is 11.4 Å². The summed E-state index contributed by atoms with van der Waals surface area (Å²) in [6.07, 6.45) is 0. The van der Waals surface area contributed by atoms with E-state index in [-0.39, 0.29) is 17.0 Å². The van der Waals surface area contributed by atoms with Crippen LogP contribution >= 0.6 is 0 Å². The Kier molecular flexibility index (Phi) is 7.27. The number of methoxy groups -OCH3 is 1. The zero-order valence-electron chi connectivity index (χ0n) is 18.2. The average Bonchev–Trinajstić information content (AvgIpc) is 2.79. The summed E-state index contributed by atoms with van der Waals surface area (Å²) in [7, 11) is -0.954. The molecule has 0 saturated heterocycles. The van der Waals surface area contributed by atoms with Gasteiger partial charge >= 0.3 is 0 Å². The molecule has 3 aromatic rings. The topological polar surface area (TPSA) is 66.9 Å². The summed E-state index contributed by atoms with van der Waals surface area (Å²) in [6.45, 7) is 1.12. The molecule has 0 heterocycles. The molecule has 168 valence electrons. The number of amides is 1. The molecule has 0 saturated carbocycles. The summed E-state index contributed by atoms with van der Waals surface area (Å²) in [4.78, 5) is 14.4. The summed E-state index contributed by atoms with van der Waals surface area (Å²) in [6, 6.07) is 19.1. The van der Waals surface area contributed by atoms with Crippen LogP contribution in [0.15, 0.2) is 77.7 Å². The number of hydrogen-bond donors (Lipinski definition) is 0. The van der Waals surface area contributed by atoms with Crippen LogP contribution < -0.4 is 9.64 Å². The number of ether oxygens (including phenoxy) is 1. The molecule has 0 aliphatic rings. The van der Waals surface area contributed by atoms with Crippen LogP contribution in [0.25, 0.3) is 0 Å². The average molecular weight is 457 g/mol. The van der Waals surface area contributed by atoms with E-state index in [9.17, 15) is 17.6 Å². The largest absolute Gasteiger partial charge is 0.497 e. The van der Waals surface area contributed by atoms with Gasteiger partial charge < -0.3 is 9.64 Å². The number of benzene rings is 3. The van der Waals surface area contributed by atoms with E-state index in [1.807, 2.05) is 6.92 Å². The number of nitrogens with zero attached hydrogens (tertiary/aromatic N) is 2. The minimum absolute atomic E-state index is 0.0411. The predicted molar refractivity (Wildman–Crippen MR) is 122 cm³/mol. The van der Waals surface area contributed by atoms with Gasteiger partial charge in [0.2, 0.25) is 15.9 Å². The summed E-state index contributed by atoms with van der Waals surface area (Å²) in [5, 5.41) is 0. The smallest absolute Gasteiger partial charge is 0.243 e. The van der Waals surface area contributed by atoms with E-state index >= 15 is 0 Å². The van der Waals surface area contributed by atoms with E-state index < -0.39 is 28.3 Å². The summed E-state index contributed by atoms with van der Waals surface area (Å²) in [5.41, 5.74) is 1.66. The summed E-state index contributed by atoms with van der Waals surface area (Å²) >= 11 is 0. The molecule has 0 bridgehead atoms. The van der Waals surface area contributed by atoms with E-state index in [1.165, 1.54) is 35.2 Å². The highest BCUT2D eigenvalue weighted by Gasteiger charge is 2.29. The molecule has 0 aromatic heterocycles. The number of aryl methyl sites for hydroxylation is 1. The number of sulfonamides is 1. The first-order valence-corrected chi connectivity index (χ1v) is 11.4. The van der Waals surface area contributed by atoms with Crippen LogP contribution in [0, 0.1) is 12.7 Å². The Morgan fingerprint density at radius 3 is 2.19 bits per heavy atom. The van der Waals surface area contributed by atoms with Gasteiger partial charge in [-0.05, 0) is 49.4 Å². The van der Waals surface area contributed by atoms with Gasteiger partial charge in [-0.15, -0.1) is 0 Å². The van der Waals surface area contributed by atoms with Crippen molar-refractivity contribution in [1.82, 2.24) is 4.31 Å². The second-order valence-corrected chi connectivity index (χ2v) is 9.27. The van der Waals surface area contributed by atoms with E-state index in [0.717, 1.165) is 9.87 Å². The van der Waals surface area contributed by atoms with Crippen LogP contribution in [-0.4, -0.2) is 39.3 Å². The number of carbonyl (C=O) groups is 1. The van der Waals surface area contributed by atoms with Gasteiger partial charge in [0.15, 0.2) is 0 Å². The Balaban J connectivity index is 1.91. The molecule has 0 N–H and O–H groups in total. The molecule has 0 spiro atoms. The van der Waals surface area contributed by atoms with E-state index in [2.05, 4.69) is 0 Å². The first-order chi connectivity index (χ1) is 15.2. The molecule has 0 aliphatic heterocycles. The lowest BCUT2D eigenvalue weighted by atomic mass is 10.2. The molecule has 0 unspecified atom stereocenters. The molecular formula is C24H25FN2O4S.